The summed E-state index contributed by atoms with van der Waals surface area (Å²) in [5.74, 6) is -0.180. The molecule has 1 spiro atoms. The van der Waals surface area contributed by atoms with E-state index in [1.165, 1.54) is 55.8 Å². The summed E-state index contributed by atoms with van der Waals surface area (Å²) in [4.78, 5) is 26.7. The molecule has 2 fully saturated rings. The molecule has 7 heteroatoms. The van der Waals surface area contributed by atoms with Crippen LogP contribution >= 0.6 is 0 Å². The fraction of sp³-hybridized carbons (Fsp3) is 0.737. The number of esters is 1. The average molecular weight is 362 g/mol. The second-order valence-corrected chi connectivity index (χ2v) is 7.64. The Hall–Kier alpha value is -1.89. The maximum absolute atomic E-state index is 12.5. The Kier molecular flexibility index (Phi) is 5.96. The Labute approximate surface area is 155 Å². The van der Waals surface area contributed by atoms with Crippen molar-refractivity contribution in [3.05, 3.63) is 11.8 Å². The molecule has 0 unspecified atom stereocenters. The number of aryl methyl sites for hydroxylation is 1. The zero-order valence-electron chi connectivity index (χ0n) is 15.9. The fourth-order valence-corrected chi connectivity index (χ4v) is 4.31. The fourth-order valence-electron chi connectivity index (χ4n) is 4.31. The number of anilines is 1. The van der Waals surface area contributed by atoms with Crippen LogP contribution in [0.2, 0.25) is 0 Å². The Morgan fingerprint density at radius 3 is 2.54 bits per heavy atom. The number of nitrogens with zero attached hydrogens (tertiary/aromatic N) is 3. The molecule has 3 rings (SSSR count). The molecule has 0 radical (unpaired) electrons. The summed E-state index contributed by atoms with van der Waals surface area (Å²) in [5.41, 5.74) is 0.826. The lowest BCUT2D eigenvalue weighted by molar-refractivity contribution is -0.118. The van der Waals surface area contributed by atoms with Gasteiger partial charge in [-0.2, -0.15) is 5.10 Å². The smallest absolute Gasteiger partial charge is 0.343 e. The van der Waals surface area contributed by atoms with E-state index in [2.05, 4.69) is 15.3 Å². The SMILES string of the molecule is CCOC(=O)c1cnn(C)c1NC(=O)CN1CCC2(CCCCC2)CC1. The van der Waals surface area contributed by atoms with E-state index in [1.54, 1.807) is 14.0 Å². The second-order valence-electron chi connectivity index (χ2n) is 7.64. The van der Waals surface area contributed by atoms with Crippen molar-refractivity contribution in [2.75, 3.05) is 31.6 Å². The van der Waals surface area contributed by atoms with E-state index in [0.29, 0.717) is 23.3 Å². The lowest BCUT2D eigenvalue weighted by Crippen LogP contribution is -2.44. The number of ether oxygens (including phenoxy) is 1. The monoisotopic (exact) mass is 362 g/mol. The largest absolute Gasteiger partial charge is 0.462 e. The van der Waals surface area contributed by atoms with Gasteiger partial charge >= 0.3 is 5.97 Å². The molecule has 0 bridgehead atoms. The third-order valence-corrected chi connectivity index (χ3v) is 5.89. The van der Waals surface area contributed by atoms with Gasteiger partial charge in [0.25, 0.3) is 0 Å². The maximum atomic E-state index is 12.5. The molecule has 1 aliphatic carbocycles. The number of hydrogen-bond acceptors (Lipinski definition) is 5. The highest BCUT2D eigenvalue weighted by Crippen LogP contribution is 2.44. The predicted molar refractivity (Wildman–Crippen MR) is 99.0 cm³/mol. The van der Waals surface area contributed by atoms with Crippen LogP contribution in [0.4, 0.5) is 5.82 Å². The maximum Gasteiger partial charge on any atom is 0.343 e. The van der Waals surface area contributed by atoms with Crippen molar-refractivity contribution in [1.82, 2.24) is 14.7 Å². The molecular formula is C19H30N4O3. The van der Waals surface area contributed by atoms with E-state index in [4.69, 9.17) is 4.74 Å². The molecule has 2 heterocycles. The summed E-state index contributed by atoms with van der Waals surface area (Å²) in [7, 11) is 1.70. The van der Waals surface area contributed by atoms with Crippen molar-refractivity contribution >= 4 is 17.7 Å². The number of likely N-dealkylation sites (tertiary alicyclic amines) is 1. The van der Waals surface area contributed by atoms with Crippen LogP contribution in [-0.4, -0.2) is 52.8 Å². The molecule has 2 aliphatic rings. The number of carbonyl (C=O) groups is 2. The normalized spacial score (nSPS) is 20.1. The lowest BCUT2D eigenvalue weighted by atomic mass is 9.68. The summed E-state index contributed by atoms with van der Waals surface area (Å²) >= 11 is 0. The van der Waals surface area contributed by atoms with Crippen LogP contribution in [0.15, 0.2) is 6.20 Å². The van der Waals surface area contributed by atoms with Gasteiger partial charge < -0.3 is 10.1 Å². The highest BCUT2D eigenvalue weighted by atomic mass is 16.5. The van der Waals surface area contributed by atoms with Crippen LogP contribution in [0, 0.1) is 5.41 Å². The highest BCUT2D eigenvalue weighted by molar-refractivity contribution is 6.00. The van der Waals surface area contributed by atoms with Crippen LogP contribution in [-0.2, 0) is 16.6 Å². The quantitative estimate of drug-likeness (QED) is 0.815. The van der Waals surface area contributed by atoms with Gasteiger partial charge in [0.1, 0.15) is 11.4 Å². The molecule has 1 N–H and O–H groups in total. The van der Waals surface area contributed by atoms with Gasteiger partial charge in [0.05, 0.1) is 19.3 Å². The highest BCUT2D eigenvalue weighted by Gasteiger charge is 2.35. The van der Waals surface area contributed by atoms with Crippen molar-refractivity contribution in [2.24, 2.45) is 12.5 Å². The van der Waals surface area contributed by atoms with Crippen molar-refractivity contribution in [2.45, 2.75) is 51.9 Å². The van der Waals surface area contributed by atoms with Gasteiger partial charge in [-0.3, -0.25) is 14.4 Å². The first-order valence-electron chi connectivity index (χ1n) is 9.74. The minimum absolute atomic E-state index is 0.112. The van der Waals surface area contributed by atoms with Crippen LogP contribution in [0.25, 0.3) is 0 Å². The van der Waals surface area contributed by atoms with Crippen LogP contribution < -0.4 is 5.32 Å². The van der Waals surface area contributed by atoms with E-state index in [9.17, 15) is 9.59 Å². The van der Waals surface area contributed by atoms with Gasteiger partial charge in [-0.1, -0.05) is 19.3 Å². The summed E-state index contributed by atoms with van der Waals surface area (Å²) in [6.45, 7) is 4.34. The van der Waals surface area contributed by atoms with E-state index in [0.717, 1.165) is 13.1 Å². The standard InChI is InChI=1S/C19H30N4O3/c1-3-26-18(25)15-13-20-22(2)17(15)21-16(24)14-23-11-9-19(10-12-23)7-5-4-6-8-19/h13H,3-12,14H2,1-2H3,(H,21,24). The zero-order chi connectivity index (χ0) is 18.6. The van der Waals surface area contributed by atoms with Crippen LogP contribution in [0.5, 0.6) is 0 Å². The minimum Gasteiger partial charge on any atom is -0.462 e. The Bertz CT molecular complexity index is 639. The molecule has 7 nitrogen and oxygen atoms in total. The van der Waals surface area contributed by atoms with E-state index < -0.39 is 5.97 Å². The van der Waals surface area contributed by atoms with Crippen molar-refractivity contribution in [3.8, 4) is 0 Å². The first-order chi connectivity index (χ1) is 12.5. The van der Waals surface area contributed by atoms with Crippen molar-refractivity contribution in [3.63, 3.8) is 0 Å². The van der Waals surface area contributed by atoms with E-state index in [1.807, 2.05) is 0 Å². The van der Waals surface area contributed by atoms with Crippen LogP contribution in [0.3, 0.4) is 0 Å². The van der Waals surface area contributed by atoms with Gasteiger partial charge in [0.15, 0.2) is 0 Å². The number of piperidine rings is 1. The summed E-state index contributed by atoms with van der Waals surface area (Å²) in [6, 6.07) is 0. The Balaban J connectivity index is 1.54. The first-order valence-corrected chi connectivity index (χ1v) is 9.74. The molecule has 26 heavy (non-hydrogen) atoms. The van der Waals surface area contributed by atoms with E-state index >= 15 is 0 Å². The predicted octanol–water partition coefficient (Wildman–Crippen LogP) is 2.58. The zero-order valence-corrected chi connectivity index (χ0v) is 15.9. The van der Waals surface area contributed by atoms with Gasteiger partial charge in [0, 0.05) is 7.05 Å². The molecule has 1 saturated heterocycles. The molecule has 1 aromatic heterocycles. The number of hydrogen-bond donors (Lipinski definition) is 1. The Morgan fingerprint density at radius 2 is 1.88 bits per heavy atom. The molecule has 1 aliphatic heterocycles. The van der Waals surface area contributed by atoms with Gasteiger partial charge in [0.2, 0.25) is 5.91 Å². The Morgan fingerprint density at radius 1 is 1.19 bits per heavy atom. The third-order valence-electron chi connectivity index (χ3n) is 5.89. The number of aromatic nitrogens is 2. The molecule has 1 amide bonds. The molecule has 1 saturated carbocycles. The van der Waals surface area contributed by atoms with Gasteiger partial charge in [-0.25, -0.2) is 4.79 Å². The molecule has 0 atom stereocenters. The second kappa shape index (κ2) is 8.20. The summed E-state index contributed by atoms with van der Waals surface area (Å²) in [6.07, 6.45) is 10.6. The van der Waals surface area contributed by atoms with Gasteiger partial charge in [-0.05, 0) is 51.1 Å². The molecule has 1 aromatic rings. The third kappa shape index (κ3) is 4.26. The number of rotatable bonds is 5. The summed E-state index contributed by atoms with van der Waals surface area (Å²) in [5, 5.41) is 6.90. The number of nitrogens with one attached hydrogen (secondary N) is 1. The first kappa shape index (κ1) is 18.9. The van der Waals surface area contributed by atoms with Crippen molar-refractivity contribution in [1.29, 1.82) is 0 Å². The molecular weight excluding hydrogens is 332 g/mol. The van der Waals surface area contributed by atoms with Crippen LogP contribution in [0.1, 0.15) is 62.2 Å². The number of amides is 1. The van der Waals surface area contributed by atoms with Crippen molar-refractivity contribution < 1.29 is 14.3 Å². The summed E-state index contributed by atoms with van der Waals surface area (Å²) < 4.78 is 6.52. The lowest BCUT2D eigenvalue weighted by Gasteiger charge is -2.44. The van der Waals surface area contributed by atoms with E-state index in [-0.39, 0.29) is 12.5 Å². The van der Waals surface area contributed by atoms with Gasteiger partial charge in [-0.15, -0.1) is 0 Å². The molecule has 144 valence electrons. The molecule has 0 aromatic carbocycles. The minimum atomic E-state index is -0.465. The topological polar surface area (TPSA) is 76.5 Å². The average Bonchev–Trinajstić information content (AvgIpc) is 2.99. The number of carbonyl (C=O) groups excluding carboxylic acids is 2.